The molecule has 8 heteroatoms. The second-order valence-corrected chi connectivity index (χ2v) is 5.24. The molecule has 7 nitrogen and oxygen atoms in total. The van der Waals surface area contributed by atoms with E-state index in [1.165, 1.54) is 0 Å². The van der Waals surface area contributed by atoms with Gasteiger partial charge in [0.25, 0.3) is 5.43 Å². The fourth-order valence-corrected chi connectivity index (χ4v) is 1.76. The molecule has 0 amide bonds. The van der Waals surface area contributed by atoms with Crippen molar-refractivity contribution in [2.75, 3.05) is 19.3 Å². The van der Waals surface area contributed by atoms with Crippen LogP contribution in [0.1, 0.15) is 12.5 Å². The van der Waals surface area contributed by atoms with Crippen LogP contribution in [-0.4, -0.2) is 29.1 Å². The first-order valence-electron chi connectivity index (χ1n) is 5.07. The summed E-state index contributed by atoms with van der Waals surface area (Å²) in [6, 6.07) is 0. The van der Waals surface area contributed by atoms with Crippen molar-refractivity contribution in [3.63, 3.8) is 0 Å². The Labute approximate surface area is 97.3 Å². The molecule has 0 atom stereocenters. The second kappa shape index (κ2) is 5.55. The molecule has 0 saturated heterocycles. The summed E-state index contributed by atoms with van der Waals surface area (Å²) in [7, 11) is -4.03. The summed E-state index contributed by atoms with van der Waals surface area (Å²) < 4.78 is 15.5. The molecule has 1 aromatic rings. The Bertz CT molecular complexity index is 498. The van der Waals surface area contributed by atoms with Crippen LogP contribution in [0.25, 0.3) is 0 Å². The van der Waals surface area contributed by atoms with Crippen LogP contribution in [0.4, 0.5) is 0 Å². The molecule has 1 rings (SSSR count). The van der Waals surface area contributed by atoms with Gasteiger partial charge in [0.1, 0.15) is 0 Å². The van der Waals surface area contributed by atoms with Crippen LogP contribution < -0.4 is 20.9 Å². The van der Waals surface area contributed by atoms with Crippen molar-refractivity contribution < 1.29 is 19.1 Å². The van der Waals surface area contributed by atoms with Crippen LogP contribution in [0.3, 0.4) is 0 Å². The lowest BCUT2D eigenvalue weighted by Crippen LogP contribution is -2.39. The van der Waals surface area contributed by atoms with Crippen molar-refractivity contribution in [2.24, 2.45) is 0 Å². The second-order valence-electron chi connectivity index (χ2n) is 3.46. The van der Waals surface area contributed by atoms with Crippen LogP contribution in [0, 0.1) is 0 Å². The van der Waals surface area contributed by atoms with Crippen molar-refractivity contribution >= 4 is 7.60 Å². The van der Waals surface area contributed by atoms with Gasteiger partial charge in [-0.2, -0.15) is 0 Å². The lowest BCUT2D eigenvalue weighted by atomic mass is 10.1. The molecule has 3 N–H and O–H groups in total. The molecule has 0 radical (unpaired) electrons. The normalized spacial score (nSPS) is 11.9. The zero-order chi connectivity index (χ0) is 13.1. The first kappa shape index (κ1) is 14.1. The SMILES string of the molecule is CCOc1c(CNCCP(=O)(O)O)c(=O)c1=O. The summed E-state index contributed by atoms with van der Waals surface area (Å²) >= 11 is 0. The molecule has 0 saturated carbocycles. The summed E-state index contributed by atoms with van der Waals surface area (Å²) in [5.74, 6) is 0.0566. The minimum absolute atomic E-state index is 0.0566. The predicted molar refractivity (Wildman–Crippen MR) is 61.1 cm³/mol. The van der Waals surface area contributed by atoms with Crippen molar-refractivity contribution in [1.29, 1.82) is 0 Å². The molecule has 0 aliphatic rings. The maximum Gasteiger partial charge on any atom is 0.326 e. The smallest absolute Gasteiger partial charge is 0.326 e. The lowest BCUT2D eigenvalue weighted by molar-refractivity contribution is 0.327. The van der Waals surface area contributed by atoms with Crippen molar-refractivity contribution in [1.82, 2.24) is 5.32 Å². The van der Waals surface area contributed by atoms with Crippen LogP contribution >= 0.6 is 7.60 Å². The molecule has 0 fully saturated rings. The molecule has 0 unspecified atom stereocenters. The molecule has 0 bridgehead atoms. The van der Waals surface area contributed by atoms with Crippen molar-refractivity contribution in [2.45, 2.75) is 13.5 Å². The van der Waals surface area contributed by atoms with Gasteiger partial charge < -0.3 is 19.8 Å². The summed E-state index contributed by atoms with van der Waals surface area (Å²) in [5, 5.41) is 2.68. The van der Waals surface area contributed by atoms with Gasteiger partial charge in [0.2, 0.25) is 5.43 Å². The van der Waals surface area contributed by atoms with Gasteiger partial charge in [0, 0.05) is 13.1 Å². The topological polar surface area (TPSA) is 113 Å². The summed E-state index contributed by atoms with van der Waals surface area (Å²) in [4.78, 5) is 39.4. The lowest BCUT2D eigenvalue weighted by Gasteiger charge is -2.11. The fourth-order valence-electron chi connectivity index (χ4n) is 1.31. The van der Waals surface area contributed by atoms with E-state index in [0.717, 1.165) is 0 Å². The van der Waals surface area contributed by atoms with E-state index in [-0.39, 0.29) is 30.6 Å². The van der Waals surface area contributed by atoms with Crippen molar-refractivity contribution in [3.05, 3.63) is 26.0 Å². The third-order valence-corrected chi connectivity index (χ3v) is 2.94. The standard InChI is InChI=1S/C9H14NO6P/c1-2-16-9-6(7(11)8(9)12)5-10-3-4-17(13,14)15/h10H,2-5H2,1H3,(H2,13,14,15). The van der Waals surface area contributed by atoms with Gasteiger partial charge in [-0.3, -0.25) is 14.2 Å². The molecule has 0 aromatic heterocycles. The summed E-state index contributed by atoms with van der Waals surface area (Å²) in [6.07, 6.45) is -0.313. The van der Waals surface area contributed by atoms with Gasteiger partial charge in [0.05, 0.1) is 18.3 Å². The highest BCUT2D eigenvalue weighted by Gasteiger charge is 2.21. The monoisotopic (exact) mass is 263 g/mol. The van der Waals surface area contributed by atoms with E-state index in [1.54, 1.807) is 6.92 Å². The van der Waals surface area contributed by atoms with E-state index < -0.39 is 18.5 Å². The summed E-state index contributed by atoms with van der Waals surface area (Å²) in [5.41, 5.74) is -1.00. The maximum atomic E-state index is 11.2. The zero-order valence-corrected chi connectivity index (χ0v) is 10.2. The van der Waals surface area contributed by atoms with Crippen LogP contribution in [0.2, 0.25) is 0 Å². The van der Waals surface area contributed by atoms with Crippen molar-refractivity contribution in [3.8, 4) is 5.75 Å². The van der Waals surface area contributed by atoms with E-state index >= 15 is 0 Å². The van der Waals surface area contributed by atoms with E-state index in [0.29, 0.717) is 6.61 Å². The van der Waals surface area contributed by atoms with Gasteiger partial charge in [-0.05, 0) is 6.92 Å². The number of rotatable bonds is 7. The summed E-state index contributed by atoms with van der Waals surface area (Å²) in [6.45, 7) is 2.14. The van der Waals surface area contributed by atoms with E-state index in [1.807, 2.05) is 0 Å². The Balaban J connectivity index is 2.48. The highest BCUT2D eigenvalue weighted by atomic mass is 31.2. The molecule has 0 aliphatic heterocycles. The van der Waals surface area contributed by atoms with E-state index in [4.69, 9.17) is 14.5 Å². The Morgan fingerprint density at radius 1 is 1.29 bits per heavy atom. The van der Waals surface area contributed by atoms with Crippen LogP contribution in [0.5, 0.6) is 5.75 Å². The molecule has 0 heterocycles. The molecule has 0 spiro atoms. The molecule has 0 aliphatic carbocycles. The van der Waals surface area contributed by atoms with Gasteiger partial charge >= 0.3 is 7.60 Å². The number of ether oxygens (including phenoxy) is 1. The number of hydrogen-bond acceptors (Lipinski definition) is 5. The highest BCUT2D eigenvalue weighted by Crippen LogP contribution is 2.32. The Morgan fingerprint density at radius 2 is 1.94 bits per heavy atom. The quantitative estimate of drug-likeness (QED) is 0.327. The minimum atomic E-state index is -4.03. The van der Waals surface area contributed by atoms with Gasteiger partial charge in [-0.25, -0.2) is 0 Å². The third kappa shape index (κ3) is 3.74. The predicted octanol–water partition coefficient (Wildman–Crippen LogP) is -1.05. The molecule has 17 heavy (non-hydrogen) atoms. The zero-order valence-electron chi connectivity index (χ0n) is 9.30. The number of nitrogens with one attached hydrogen (secondary N) is 1. The highest BCUT2D eigenvalue weighted by molar-refractivity contribution is 7.51. The molecule has 1 aromatic carbocycles. The minimum Gasteiger partial charge on any atom is -0.489 e. The Morgan fingerprint density at radius 3 is 2.47 bits per heavy atom. The molecular formula is C9H14NO6P. The average molecular weight is 263 g/mol. The van der Waals surface area contributed by atoms with Crippen LogP contribution in [0.15, 0.2) is 9.59 Å². The first-order valence-corrected chi connectivity index (χ1v) is 6.87. The largest absolute Gasteiger partial charge is 0.489 e. The van der Waals surface area contributed by atoms with Gasteiger partial charge in [0.15, 0.2) is 5.75 Å². The Hall–Kier alpha value is -1.01. The molecule has 96 valence electrons. The van der Waals surface area contributed by atoms with Gasteiger partial charge in [-0.1, -0.05) is 0 Å². The van der Waals surface area contributed by atoms with Gasteiger partial charge in [-0.15, -0.1) is 0 Å². The fraction of sp³-hybridized carbons (Fsp3) is 0.556. The van der Waals surface area contributed by atoms with E-state index in [2.05, 4.69) is 5.32 Å². The maximum absolute atomic E-state index is 11.2. The van der Waals surface area contributed by atoms with E-state index in [9.17, 15) is 14.2 Å². The Kier molecular flexibility index (Phi) is 4.59. The first-order chi connectivity index (χ1) is 7.87. The average Bonchev–Trinajstić information content (AvgIpc) is 2.25. The number of hydrogen-bond donors (Lipinski definition) is 3. The third-order valence-electron chi connectivity index (χ3n) is 2.13. The molecular weight excluding hydrogens is 249 g/mol. The van der Waals surface area contributed by atoms with Crippen LogP contribution in [-0.2, 0) is 11.1 Å².